The Morgan fingerprint density at radius 1 is 0.929 bits per heavy atom. The molecule has 6 aliphatic rings. The lowest BCUT2D eigenvalue weighted by molar-refractivity contribution is -0.218. The van der Waals surface area contributed by atoms with E-state index in [4.69, 9.17) is 15.2 Å². The van der Waals surface area contributed by atoms with Crippen molar-refractivity contribution in [2.45, 2.75) is 162 Å². The second-order valence-corrected chi connectivity index (χ2v) is 18.1. The first kappa shape index (κ1) is 31.3. The fourth-order valence-electron chi connectivity index (χ4n) is 12.8. The summed E-state index contributed by atoms with van der Waals surface area (Å²) in [7, 11) is 0. The Hall–Kier alpha value is -0.730. The molecular formula is C35H59NO6. The molecule has 0 aromatic carbocycles. The largest absolute Gasteiger partial charge is 0.461 e. The molecule has 2 spiro atoms. The van der Waals surface area contributed by atoms with Crippen molar-refractivity contribution in [1.82, 2.24) is 0 Å². The zero-order chi connectivity index (χ0) is 31.1. The Labute approximate surface area is 253 Å². The molecule has 6 fully saturated rings. The maximum atomic E-state index is 12.9. The van der Waals surface area contributed by atoms with E-state index in [0.717, 1.165) is 57.8 Å². The minimum Gasteiger partial charge on any atom is -0.461 e. The summed E-state index contributed by atoms with van der Waals surface area (Å²) in [6.07, 6.45) is 6.74. The monoisotopic (exact) mass is 589 g/mol. The van der Waals surface area contributed by atoms with Crippen molar-refractivity contribution >= 4 is 5.97 Å². The van der Waals surface area contributed by atoms with Crippen LogP contribution < -0.4 is 5.73 Å². The molecule has 7 heteroatoms. The molecule has 0 aromatic heterocycles. The number of carbonyl (C=O) groups is 1. The van der Waals surface area contributed by atoms with Crippen LogP contribution in [0, 0.1) is 50.7 Å². The van der Waals surface area contributed by atoms with Gasteiger partial charge in [0, 0.05) is 11.3 Å². The molecule has 1 aliphatic heterocycles. The highest BCUT2D eigenvalue weighted by atomic mass is 16.5. The van der Waals surface area contributed by atoms with Gasteiger partial charge in [-0.3, -0.25) is 4.79 Å². The number of esters is 1. The van der Waals surface area contributed by atoms with Crippen LogP contribution in [-0.4, -0.2) is 62.9 Å². The van der Waals surface area contributed by atoms with Crippen molar-refractivity contribution < 1.29 is 29.6 Å². The van der Waals surface area contributed by atoms with Crippen LogP contribution >= 0.6 is 0 Å². The molecule has 13 atom stereocenters. The summed E-state index contributed by atoms with van der Waals surface area (Å²) in [5.41, 5.74) is 4.37. The first-order valence-electron chi connectivity index (χ1n) is 16.9. The van der Waals surface area contributed by atoms with E-state index < -0.39 is 29.5 Å². The zero-order valence-corrected chi connectivity index (χ0v) is 27.7. The number of ether oxygens (including phenoxy) is 2. The summed E-state index contributed by atoms with van der Waals surface area (Å²) >= 11 is 0. The summed E-state index contributed by atoms with van der Waals surface area (Å²) in [6, 6.07) is -0.633. The molecule has 5 aliphatic carbocycles. The standard InChI is InChI=1S/C35H59NO6/c1-19(2)25(36)28(39)41-23-11-13-35-18-34(35)15-14-31(7)27(33(9)12-10-24(42-33)30(5,6)40)21(38)17-32(31,8)22(34)16-20(37)26(35)29(23,3)4/h19-27,37-38,40H,10-18,36H2,1-9H3/t20-,21-,22?,23-,24?,25?,26-,27-,31+,32-,33+,34?,35?/m0/s1. The van der Waals surface area contributed by atoms with Crippen molar-refractivity contribution in [3.05, 3.63) is 0 Å². The number of carbonyl (C=O) groups excluding carboxylic acids is 1. The summed E-state index contributed by atoms with van der Waals surface area (Å²) < 4.78 is 12.8. The molecule has 1 heterocycles. The number of aliphatic hydroxyl groups excluding tert-OH is 2. The Balaban J connectivity index is 1.29. The molecule has 5 N–H and O–H groups in total. The van der Waals surface area contributed by atoms with Crippen LogP contribution in [0.15, 0.2) is 0 Å². The molecule has 6 rings (SSSR count). The average Bonchev–Trinajstić information content (AvgIpc) is 3.22. The van der Waals surface area contributed by atoms with Crippen molar-refractivity contribution in [2.75, 3.05) is 0 Å². The van der Waals surface area contributed by atoms with Gasteiger partial charge >= 0.3 is 5.97 Å². The van der Waals surface area contributed by atoms with E-state index in [1.54, 1.807) is 0 Å². The third-order valence-electron chi connectivity index (χ3n) is 15.0. The van der Waals surface area contributed by atoms with Crippen LogP contribution in [0.25, 0.3) is 0 Å². The summed E-state index contributed by atoms with van der Waals surface area (Å²) in [6.45, 7) is 18.9. The van der Waals surface area contributed by atoms with E-state index in [9.17, 15) is 20.1 Å². The van der Waals surface area contributed by atoms with Crippen molar-refractivity contribution in [1.29, 1.82) is 0 Å². The lowest BCUT2D eigenvalue weighted by Crippen LogP contribution is -2.62. The van der Waals surface area contributed by atoms with E-state index in [1.165, 1.54) is 0 Å². The predicted molar refractivity (Wildman–Crippen MR) is 161 cm³/mol. The summed E-state index contributed by atoms with van der Waals surface area (Å²) in [5, 5.41) is 34.7. The Kier molecular flexibility index (Phi) is 6.83. The van der Waals surface area contributed by atoms with E-state index in [0.29, 0.717) is 5.92 Å². The molecule has 0 amide bonds. The smallest absolute Gasteiger partial charge is 0.323 e. The number of aliphatic hydroxyl groups is 3. The van der Waals surface area contributed by atoms with E-state index >= 15 is 0 Å². The van der Waals surface area contributed by atoms with Crippen molar-refractivity contribution in [2.24, 2.45) is 56.5 Å². The SMILES string of the molecule is CC(C)C(N)C(=O)O[C@H]1CCC23CC24CC[C@]2(C)[C@@H]([C@@]5(C)CCC(C(C)(C)O)O5)[C@@H](O)C[C@@]2(C)C4C[C@H](O)[C@H]3C1(C)C. The minimum absolute atomic E-state index is 0.0129. The van der Waals surface area contributed by atoms with Gasteiger partial charge in [-0.05, 0) is 118 Å². The lowest BCUT2D eigenvalue weighted by atomic mass is 9.41. The highest BCUT2D eigenvalue weighted by Crippen LogP contribution is 2.89. The number of hydrogen-bond acceptors (Lipinski definition) is 7. The maximum Gasteiger partial charge on any atom is 0.323 e. The van der Waals surface area contributed by atoms with Gasteiger partial charge in [-0.2, -0.15) is 0 Å². The number of rotatable bonds is 5. The van der Waals surface area contributed by atoms with Crippen LogP contribution in [0.4, 0.5) is 0 Å². The Morgan fingerprint density at radius 3 is 2.19 bits per heavy atom. The normalized spacial score (nSPS) is 53.5. The van der Waals surface area contributed by atoms with Crippen LogP contribution in [0.3, 0.4) is 0 Å². The first-order valence-corrected chi connectivity index (χ1v) is 16.9. The molecule has 42 heavy (non-hydrogen) atoms. The van der Waals surface area contributed by atoms with E-state index in [1.807, 2.05) is 27.7 Å². The zero-order valence-electron chi connectivity index (χ0n) is 27.7. The fourth-order valence-corrected chi connectivity index (χ4v) is 12.8. The van der Waals surface area contributed by atoms with Gasteiger partial charge in [0.1, 0.15) is 12.1 Å². The molecule has 0 aromatic rings. The highest BCUT2D eigenvalue weighted by molar-refractivity contribution is 5.76. The second-order valence-electron chi connectivity index (χ2n) is 18.1. The summed E-state index contributed by atoms with van der Waals surface area (Å²) in [5.74, 6) is 0.0783. The second kappa shape index (κ2) is 9.18. The Morgan fingerprint density at radius 2 is 1.60 bits per heavy atom. The fraction of sp³-hybridized carbons (Fsp3) is 0.971. The average molecular weight is 590 g/mol. The van der Waals surface area contributed by atoms with Gasteiger partial charge < -0.3 is 30.5 Å². The van der Waals surface area contributed by atoms with Gasteiger partial charge in [0.25, 0.3) is 0 Å². The predicted octanol–water partition coefficient (Wildman–Crippen LogP) is 4.97. The minimum atomic E-state index is -0.912. The number of nitrogens with two attached hydrogens (primary N) is 1. The van der Waals surface area contributed by atoms with Crippen LogP contribution in [0.1, 0.15) is 120 Å². The van der Waals surface area contributed by atoms with Gasteiger partial charge in [0.15, 0.2) is 0 Å². The van der Waals surface area contributed by atoms with Gasteiger partial charge in [-0.15, -0.1) is 0 Å². The first-order chi connectivity index (χ1) is 19.2. The summed E-state index contributed by atoms with van der Waals surface area (Å²) in [4.78, 5) is 12.9. The van der Waals surface area contributed by atoms with Gasteiger partial charge in [0.2, 0.25) is 0 Å². The third-order valence-corrected chi connectivity index (χ3v) is 15.0. The quantitative estimate of drug-likeness (QED) is 0.334. The van der Waals surface area contributed by atoms with Gasteiger partial charge in [-0.25, -0.2) is 0 Å². The number of fused-ring (bicyclic) bond motifs is 2. The third kappa shape index (κ3) is 3.85. The lowest BCUT2D eigenvalue weighted by Gasteiger charge is -2.64. The van der Waals surface area contributed by atoms with Crippen molar-refractivity contribution in [3.63, 3.8) is 0 Å². The van der Waals surface area contributed by atoms with E-state index in [2.05, 4.69) is 34.6 Å². The molecule has 7 nitrogen and oxygen atoms in total. The molecule has 0 bridgehead atoms. The van der Waals surface area contributed by atoms with Gasteiger partial charge in [0.05, 0.1) is 29.5 Å². The number of hydrogen-bond donors (Lipinski definition) is 4. The molecule has 5 unspecified atom stereocenters. The van der Waals surface area contributed by atoms with Crippen LogP contribution in [-0.2, 0) is 14.3 Å². The molecular weight excluding hydrogens is 530 g/mol. The Bertz CT molecular complexity index is 1120. The van der Waals surface area contributed by atoms with Crippen LogP contribution in [0.5, 0.6) is 0 Å². The molecule has 5 saturated carbocycles. The molecule has 1 saturated heterocycles. The van der Waals surface area contributed by atoms with E-state index in [-0.39, 0.29) is 63.0 Å². The topological polar surface area (TPSA) is 122 Å². The van der Waals surface area contributed by atoms with Gasteiger partial charge in [-0.1, -0.05) is 41.5 Å². The maximum absolute atomic E-state index is 12.9. The highest BCUT2D eigenvalue weighted by Gasteiger charge is 2.85. The van der Waals surface area contributed by atoms with Crippen molar-refractivity contribution in [3.8, 4) is 0 Å². The molecule has 240 valence electrons. The molecule has 0 radical (unpaired) electrons. The van der Waals surface area contributed by atoms with Crippen LogP contribution in [0.2, 0.25) is 0 Å².